The predicted molar refractivity (Wildman–Crippen MR) is 62.8 cm³/mol. The molecule has 2 amide bonds. The Kier molecular flexibility index (Phi) is 4.78. The number of carbonyl (C=O) groups excluding carboxylic acids is 1. The molecule has 1 heterocycles. The minimum atomic E-state index is -0.854. The van der Waals surface area contributed by atoms with E-state index in [1.807, 2.05) is 10.8 Å². The van der Waals surface area contributed by atoms with E-state index < -0.39 is 5.97 Å². The molecule has 0 aliphatic heterocycles. The second-order valence-electron chi connectivity index (χ2n) is 3.55. The molecule has 0 aromatic carbocycles. The van der Waals surface area contributed by atoms with E-state index in [9.17, 15) is 9.59 Å². The molecule has 0 aliphatic carbocycles. The van der Waals surface area contributed by atoms with Crippen LogP contribution < -0.4 is 10.6 Å². The van der Waals surface area contributed by atoms with E-state index in [2.05, 4.69) is 10.6 Å². The fraction of sp³-hybridized carbons (Fsp3) is 0.400. The summed E-state index contributed by atoms with van der Waals surface area (Å²) in [6, 6.07) is 1.49. The lowest BCUT2D eigenvalue weighted by molar-refractivity contribution is -0.137. The van der Waals surface area contributed by atoms with Gasteiger partial charge < -0.3 is 15.7 Å². The highest BCUT2D eigenvalue weighted by molar-refractivity contribution is 7.08. The average molecular weight is 242 g/mol. The molecule has 0 aliphatic rings. The lowest BCUT2D eigenvalue weighted by atomic mass is 10.1. The first kappa shape index (κ1) is 12.5. The first-order chi connectivity index (χ1) is 7.58. The molecular formula is C10H14N2O3S. The van der Waals surface area contributed by atoms with Gasteiger partial charge in [0.05, 0.1) is 5.69 Å². The molecule has 3 N–H and O–H groups in total. The van der Waals surface area contributed by atoms with Crippen molar-refractivity contribution in [2.45, 2.75) is 13.3 Å². The predicted octanol–water partition coefficient (Wildman–Crippen LogP) is 1.98. The summed E-state index contributed by atoms with van der Waals surface area (Å²) in [4.78, 5) is 21.7. The number of carbonyl (C=O) groups is 2. The Bertz CT molecular complexity index is 351. The highest BCUT2D eigenvalue weighted by Crippen LogP contribution is 2.11. The van der Waals surface area contributed by atoms with Gasteiger partial charge in [0.1, 0.15) is 0 Å². The molecule has 6 heteroatoms. The van der Waals surface area contributed by atoms with Gasteiger partial charge in [-0.25, -0.2) is 4.79 Å². The molecule has 16 heavy (non-hydrogen) atoms. The van der Waals surface area contributed by atoms with Crippen molar-refractivity contribution < 1.29 is 14.7 Å². The summed E-state index contributed by atoms with van der Waals surface area (Å²) in [6.45, 7) is 2.13. The number of rotatable bonds is 5. The van der Waals surface area contributed by atoms with Crippen molar-refractivity contribution in [3.63, 3.8) is 0 Å². The van der Waals surface area contributed by atoms with Gasteiger partial charge in [-0.1, -0.05) is 6.92 Å². The van der Waals surface area contributed by atoms with Crippen molar-refractivity contribution in [2.24, 2.45) is 5.92 Å². The number of thiophene rings is 1. The molecule has 1 unspecified atom stereocenters. The zero-order valence-corrected chi connectivity index (χ0v) is 9.71. The van der Waals surface area contributed by atoms with Gasteiger partial charge >= 0.3 is 12.0 Å². The normalized spacial score (nSPS) is 11.8. The van der Waals surface area contributed by atoms with Crippen molar-refractivity contribution in [3.8, 4) is 0 Å². The second-order valence-corrected chi connectivity index (χ2v) is 4.33. The lowest BCUT2D eigenvalue weighted by Gasteiger charge is -2.10. The average Bonchev–Trinajstić information content (AvgIpc) is 2.66. The van der Waals surface area contributed by atoms with Crippen LogP contribution in [-0.2, 0) is 4.79 Å². The van der Waals surface area contributed by atoms with Crippen LogP contribution in [0.4, 0.5) is 10.5 Å². The van der Waals surface area contributed by atoms with Crippen molar-refractivity contribution >= 4 is 29.0 Å². The molecule has 0 spiro atoms. The lowest BCUT2D eigenvalue weighted by Crippen LogP contribution is -2.32. The first-order valence-corrected chi connectivity index (χ1v) is 5.81. The third-order valence-electron chi connectivity index (χ3n) is 1.91. The molecule has 0 radical (unpaired) electrons. The summed E-state index contributed by atoms with van der Waals surface area (Å²) in [5, 5.41) is 17.5. The van der Waals surface area contributed by atoms with E-state index in [0.717, 1.165) is 5.69 Å². The van der Waals surface area contributed by atoms with Gasteiger partial charge in [-0.2, -0.15) is 11.3 Å². The van der Waals surface area contributed by atoms with Crippen LogP contribution in [0.25, 0.3) is 0 Å². The molecule has 1 aromatic rings. The maximum Gasteiger partial charge on any atom is 0.319 e. The Morgan fingerprint density at radius 1 is 1.56 bits per heavy atom. The molecule has 1 aromatic heterocycles. The van der Waals surface area contributed by atoms with Crippen LogP contribution in [0.3, 0.4) is 0 Å². The number of aliphatic carboxylic acids is 1. The van der Waals surface area contributed by atoms with Crippen molar-refractivity contribution in [1.82, 2.24) is 5.32 Å². The molecule has 88 valence electrons. The summed E-state index contributed by atoms with van der Waals surface area (Å²) < 4.78 is 0. The quantitative estimate of drug-likeness (QED) is 0.738. The van der Waals surface area contributed by atoms with Gasteiger partial charge in [0.2, 0.25) is 0 Å². The largest absolute Gasteiger partial charge is 0.481 e. The van der Waals surface area contributed by atoms with Crippen molar-refractivity contribution in [1.29, 1.82) is 0 Å². The van der Waals surface area contributed by atoms with Gasteiger partial charge in [0.15, 0.2) is 0 Å². The Labute approximate surface area is 97.5 Å². The standard InChI is InChI=1S/C10H14N2O3S/c1-7(4-9(13)14)5-11-10(15)12-8-2-3-16-6-8/h2-3,6-7H,4-5H2,1H3,(H,13,14)(H2,11,12,15). The molecule has 1 atom stereocenters. The van der Waals surface area contributed by atoms with E-state index in [0.29, 0.717) is 6.54 Å². The summed E-state index contributed by atoms with van der Waals surface area (Å²) in [7, 11) is 0. The Morgan fingerprint density at radius 2 is 2.31 bits per heavy atom. The molecule has 0 saturated heterocycles. The number of carboxylic acid groups (broad SMARTS) is 1. The highest BCUT2D eigenvalue weighted by Gasteiger charge is 2.09. The van der Waals surface area contributed by atoms with E-state index in [1.165, 1.54) is 11.3 Å². The van der Waals surface area contributed by atoms with Crippen LogP contribution in [0.2, 0.25) is 0 Å². The van der Waals surface area contributed by atoms with E-state index in [1.54, 1.807) is 13.0 Å². The smallest absolute Gasteiger partial charge is 0.319 e. The van der Waals surface area contributed by atoms with Crippen molar-refractivity contribution in [3.05, 3.63) is 16.8 Å². The van der Waals surface area contributed by atoms with Crippen LogP contribution in [0, 0.1) is 5.92 Å². The van der Waals surface area contributed by atoms with Crippen LogP contribution in [-0.4, -0.2) is 23.7 Å². The maximum absolute atomic E-state index is 11.3. The van der Waals surface area contributed by atoms with Gasteiger partial charge in [-0.15, -0.1) is 0 Å². The summed E-state index contributed by atoms with van der Waals surface area (Å²) in [5.74, 6) is -0.932. The number of hydrogen-bond acceptors (Lipinski definition) is 3. The third-order valence-corrected chi connectivity index (χ3v) is 2.60. The SMILES string of the molecule is CC(CNC(=O)Nc1ccsc1)CC(=O)O. The van der Waals surface area contributed by atoms with E-state index in [-0.39, 0.29) is 18.4 Å². The number of anilines is 1. The van der Waals surface area contributed by atoms with Crippen LogP contribution in [0.1, 0.15) is 13.3 Å². The van der Waals surface area contributed by atoms with Crippen LogP contribution >= 0.6 is 11.3 Å². The summed E-state index contributed by atoms with van der Waals surface area (Å²) in [6.07, 6.45) is 0.0543. The highest BCUT2D eigenvalue weighted by atomic mass is 32.1. The number of carboxylic acids is 1. The van der Waals surface area contributed by atoms with Gasteiger partial charge in [0, 0.05) is 18.3 Å². The minimum absolute atomic E-state index is 0.0543. The number of nitrogens with one attached hydrogen (secondary N) is 2. The third kappa shape index (κ3) is 4.79. The Balaban J connectivity index is 2.22. The number of amides is 2. The zero-order chi connectivity index (χ0) is 12.0. The molecule has 0 fully saturated rings. The molecular weight excluding hydrogens is 228 g/mol. The molecule has 5 nitrogen and oxygen atoms in total. The number of urea groups is 1. The monoisotopic (exact) mass is 242 g/mol. The molecule has 1 rings (SSSR count). The zero-order valence-electron chi connectivity index (χ0n) is 8.90. The fourth-order valence-electron chi connectivity index (χ4n) is 1.15. The number of hydrogen-bond donors (Lipinski definition) is 3. The fourth-order valence-corrected chi connectivity index (χ4v) is 1.74. The van der Waals surface area contributed by atoms with Crippen molar-refractivity contribution in [2.75, 3.05) is 11.9 Å². The minimum Gasteiger partial charge on any atom is -0.481 e. The van der Waals surface area contributed by atoms with Gasteiger partial charge in [0.25, 0.3) is 0 Å². The maximum atomic E-state index is 11.3. The molecule has 0 bridgehead atoms. The van der Waals surface area contributed by atoms with Crippen LogP contribution in [0.15, 0.2) is 16.8 Å². The first-order valence-electron chi connectivity index (χ1n) is 4.86. The topological polar surface area (TPSA) is 78.4 Å². The van der Waals surface area contributed by atoms with E-state index in [4.69, 9.17) is 5.11 Å². The summed E-state index contributed by atoms with van der Waals surface area (Å²) in [5.41, 5.74) is 0.744. The Hall–Kier alpha value is -1.56. The van der Waals surface area contributed by atoms with E-state index >= 15 is 0 Å². The summed E-state index contributed by atoms with van der Waals surface area (Å²) >= 11 is 1.49. The second kappa shape index (κ2) is 6.12. The Morgan fingerprint density at radius 3 is 2.88 bits per heavy atom. The van der Waals surface area contributed by atoms with Gasteiger partial charge in [-0.05, 0) is 17.4 Å². The molecule has 0 saturated carbocycles. The van der Waals surface area contributed by atoms with Gasteiger partial charge in [-0.3, -0.25) is 4.79 Å². The van der Waals surface area contributed by atoms with Crippen LogP contribution in [0.5, 0.6) is 0 Å².